The number of amides is 1. The van der Waals surface area contributed by atoms with E-state index in [-0.39, 0.29) is 11.7 Å². The highest BCUT2D eigenvalue weighted by Crippen LogP contribution is 2.36. The molecule has 7 nitrogen and oxygen atoms in total. The second-order valence-corrected chi connectivity index (χ2v) is 8.26. The van der Waals surface area contributed by atoms with Crippen LogP contribution in [-0.2, 0) is 11.2 Å². The quantitative estimate of drug-likeness (QED) is 0.579. The van der Waals surface area contributed by atoms with E-state index in [0.29, 0.717) is 16.3 Å². The maximum atomic E-state index is 12.2. The largest absolute Gasteiger partial charge is 0.301 e. The number of hydrogen-bond donors (Lipinski definition) is 1. The standard InChI is InChI=1S/C18H20N6OS2/c1-2-3-12-4-6-13(7-5-12)15-10-26-17(19-15)20-16(25)11-27-18-21-22-23-24(18)14-8-9-14/h4-7,10,14H,2-3,8-9,11H2,1H3,(H,19,20,25). The molecule has 0 radical (unpaired) electrons. The number of aromatic nitrogens is 5. The van der Waals surface area contributed by atoms with Gasteiger partial charge in [0.25, 0.3) is 0 Å². The fraction of sp³-hybridized carbons (Fsp3) is 0.389. The normalized spacial score (nSPS) is 13.7. The number of aryl methyl sites for hydroxylation is 1. The summed E-state index contributed by atoms with van der Waals surface area (Å²) in [6.07, 6.45) is 4.43. The molecular weight excluding hydrogens is 380 g/mol. The van der Waals surface area contributed by atoms with Crippen molar-refractivity contribution in [2.24, 2.45) is 0 Å². The van der Waals surface area contributed by atoms with E-state index in [2.05, 4.69) is 57.0 Å². The average molecular weight is 401 g/mol. The first-order valence-electron chi connectivity index (χ1n) is 8.98. The highest BCUT2D eigenvalue weighted by atomic mass is 32.2. The van der Waals surface area contributed by atoms with E-state index >= 15 is 0 Å². The van der Waals surface area contributed by atoms with E-state index in [0.717, 1.165) is 36.9 Å². The number of rotatable bonds is 8. The third-order valence-electron chi connectivity index (χ3n) is 4.23. The summed E-state index contributed by atoms with van der Waals surface area (Å²) >= 11 is 2.78. The zero-order valence-electron chi connectivity index (χ0n) is 15.0. The van der Waals surface area contributed by atoms with Crippen molar-refractivity contribution in [1.82, 2.24) is 25.2 Å². The van der Waals surface area contributed by atoms with Crippen LogP contribution in [0.15, 0.2) is 34.8 Å². The van der Waals surface area contributed by atoms with Gasteiger partial charge >= 0.3 is 0 Å². The third-order valence-corrected chi connectivity index (χ3v) is 5.92. The summed E-state index contributed by atoms with van der Waals surface area (Å²) in [6, 6.07) is 8.84. The van der Waals surface area contributed by atoms with Crippen LogP contribution in [0.4, 0.5) is 5.13 Å². The third kappa shape index (κ3) is 4.54. The Balaban J connectivity index is 1.33. The lowest BCUT2D eigenvalue weighted by Crippen LogP contribution is -2.14. The summed E-state index contributed by atoms with van der Waals surface area (Å²) in [5.74, 6) is 0.151. The molecule has 3 aromatic rings. The molecule has 0 spiro atoms. The Kier molecular flexibility index (Phi) is 5.49. The molecule has 1 fully saturated rings. The molecule has 0 saturated heterocycles. The van der Waals surface area contributed by atoms with Crippen LogP contribution in [0, 0.1) is 0 Å². The number of anilines is 1. The Labute approximate surface area is 165 Å². The van der Waals surface area contributed by atoms with E-state index in [4.69, 9.17) is 0 Å². The number of nitrogens with zero attached hydrogens (tertiary/aromatic N) is 5. The monoisotopic (exact) mass is 400 g/mol. The van der Waals surface area contributed by atoms with Gasteiger partial charge in [-0.25, -0.2) is 9.67 Å². The highest BCUT2D eigenvalue weighted by Gasteiger charge is 2.28. The second kappa shape index (κ2) is 8.18. The molecule has 1 aliphatic rings. The Hall–Kier alpha value is -2.26. The molecule has 1 N–H and O–H groups in total. The van der Waals surface area contributed by atoms with E-state index in [1.807, 2.05) is 10.1 Å². The van der Waals surface area contributed by atoms with Gasteiger partial charge in [-0.2, -0.15) is 0 Å². The Morgan fingerprint density at radius 2 is 2.15 bits per heavy atom. The molecule has 0 aliphatic heterocycles. The minimum absolute atomic E-state index is 0.107. The molecule has 1 amide bonds. The van der Waals surface area contributed by atoms with Gasteiger partial charge in [0.05, 0.1) is 17.5 Å². The van der Waals surface area contributed by atoms with Crippen LogP contribution in [0.5, 0.6) is 0 Å². The van der Waals surface area contributed by atoms with E-state index in [1.54, 1.807) is 0 Å². The molecule has 9 heteroatoms. The van der Waals surface area contributed by atoms with Crippen LogP contribution in [0.2, 0.25) is 0 Å². The summed E-state index contributed by atoms with van der Waals surface area (Å²) in [6.45, 7) is 2.17. The topological polar surface area (TPSA) is 85.6 Å². The molecule has 1 aliphatic carbocycles. The molecule has 1 aromatic carbocycles. The van der Waals surface area contributed by atoms with Gasteiger partial charge < -0.3 is 5.32 Å². The highest BCUT2D eigenvalue weighted by molar-refractivity contribution is 7.99. The Morgan fingerprint density at radius 1 is 1.33 bits per heavy atom. The lowest BCUT2D eigenvalue weighted by molar-refractivity contribution is -0.113. The minimum atomic E-state index is -0.107. The number of hydrogen-bond acceptors (Lipinski definition) is 7. The summed E-state index contributed by atoms with van der Waals surface area (Å²) in [5, 5.41) is 17.8. The van der Waals surface area contributed by atoms with Crippen molar-refractivity contribution in [3.63, 3.8) is 0 Å². The van der Waals surface area contributed by atoms with Crippen molar-refractivity contribution < 1.29 is 4.79 Å². The molecule has 2 heterocycles. The number of carbonyl (C=O) groups excluding carboxylic acids is 1. The van der Waals surface area contributed by atoms with Gasteiger partial charge in [-0.05, 0) is 35.3 Å². The van der Waals surface area contributed by atoms with E-state index in [1.165, 1.54) is 28.7 Å². The zero-order chi connectivity index (χ0) is 18.6. The van der Waals surface area contributed by atoms with Gasteiger partial charge in [-0.3, -0.25) is 4.79 Å². The maximum Gasteiger partial charge on any atom is 0.236 e. The minimum Gasteiger partial charge on any atom is -0.301 e. The molecule has 0 bridgehead atoms. The van der Waals surface area contributed by atoms with Crippen LogP contribution < -0.4 is 5.32 Å². The van der Waals surface area contributed by atoms with Crippen LogP contribution >= 0.6 is 23.1 Å². The number of thiazole rings is 1. The van der Waals surface area contributed by atoms with Gasteiger partial charge in [0, 0.05) is 10.9 Å². The lowest BCUT2D eigenvalue weighted by atomic mass is 10.1. The van der Waals surface area contributed by atoms with Crippen molar-refractivity contribution in [3.8, 4) is 11.3 Å². The molecule has 0 unspecified atom stereocenters. The van der Waals surface area contributed by atoms with Crippen molar-refractivity contribution >= 4 is 34.1 Å². The molecule has 1 saturated carbocycles. The lowest BCUT2D eigenvalue weighted by Gasteiger charge is -2.03. The van der Waals surface area contributed by atoms with Crippen LogP contribution in [0.25, 0.3) is 11.3 Å². The predicted molar refractivity (Wildman–Crippen MR) is 107 cm³/mol. The number of tetrazole rings is 1. The zero-order valence-corrected chi connectivity index (χ0v) is 16.6. The summed E-state index contributed by atoms with van der Waals surface area (Å²) < 4.78 is 1.81. The maximum absolute atomic E-state index is 12.2. The Bertz CT molecular complexity index is 916. The SMILES string of the molecule is CCCc1ccc(-c2csc(NC(=O)CSc3nnnn3C3CC3)n2)cc1. The molecule has 4 rings (SSSR count). The first-order chi connectivity index (χ1) is 13.2. The predicted octanol–water partition coefficient (Wildman–Crippen LogP) is 3.81. The van der Waals surface area contributed by atoms with Crippen molar-refractivity contribution in [2.45, 2.75) is 43.8 Å². The van der Waals surface area contributed by atoms with Gasteiger partial charge in [-0.15, -0.1) is 16.4 Å². The summed E-state index contributed by atoms with van der Waals surface area (Å²) in [4.78, 5) is 16.8. The van der Waals surface area contributed by atoms with Crippen LogP contribution in [0.3, 0.4) is 0 Å². The van der Waals surface area contributed by atoms with Gasteiger partial charge in [0.2, 0.25) is 11.1 Å². The fourth-order valence-electron chi connectivity index (χ4n) is 2.71. The first-order valence-corrected chi connectivity index (χ1v) is 10.8. The smallest absolute Gasteiger partial charge is 0.236 e. The molecule has 0 atom stereocenters. The van der Waals surface area contributed by atoms with Gasteiger partial charge in [0.15, 0.2) is 5.13 Å². The first kappa shape index (κ1) is 18.1. The molecular formula is C18H20N6OS2. The van der Waals surface area contributed by atoms with Gasteiger partial charge in [-0.1, -0.05) is 49.4 Å². The fourth-order valence-corrected chi connectivity index (χ4v) is 4.19. The number of nitrogens with one attached hydrogen (secondary N) is 1. The van der Waals surface area contributed by atoms with Crippen molar-refractivity contribution in [1.29, 1.82) is 0 Å². The molecule has 140 valence electrons. The van der Waals surface area contributed by atoms with Gasteiger partial charge in [0.1, 0.15) is 0 Å². The van der Waals surface area contributed by atoms with E-state index in [9.17, 15) is 4.79 Å². The van der Waals surface area contributed by atoms with Crippen molar-refractivity contribution in [2.75, 3.05) is 11.1 Å². The average Bonchev–Trinajstić information content (AvgIpc) is 3.23. The number of thioether (sulfide) groups is 1. The van der Waals surface area contributed by atoms with Crippen LogP contribution in [-0.4, -0.2) is 36.9 Å². The summed E-state index contributed by atoms with van der Waals surface area (Å²) in [7, 11) is 0. The second-order valence-electron chi connectivity index (χ2n) is 6.46. The Morgan fingerprint density at radius 3 is 2.89 bits per heavy atom. The van der Waals surface area contributed by atoms with Crippen molar-refractivity contribution in [3.05, 3.63) is 35.2 Å². The molecule has 2 aromatic heterocycles. The van der Waals surface area contributed by atoms with Crippen LogP contribution in [0.1, 0.15) is 37.8 Å². The number of carbonyl (C=O) groups is 1. The summed E-state index contributed by atoms with van der Waals surface area (Å²) in [5.41, 5.74) is 3.27. The molecule has 27 heavy (non-hydrogen) atoms. The number of benzene rings is 1. The van der Waals surface area contributed by atoms with E-state index < -0.39 is 0 Å².